The van der Waals surface area contributed by atoms with Crippen LogP contribution >= 0.6 is 0 Å². The van der Waals surface area contributed by atoms with Gasteiger partial charge in [0.15, 0.2) is 0 Å². The monoisotopic (exact) mass is 316 g/mol. The summed E-state index contributed by atoms with van der Waals surface area (Å²) < 4.78 is 0. The first-order valence-electron chi connectivity index (χ1n) is 8.73. The number of nitrogens with zero attached hydrogens (tertiary/aromatic N) is 1. The maximum Gasteiger partial charge on any atom is 0.0701 e. The lowest BCUT2D eigenvalue weighted by Gasteiger charge is -1.95. The van der Waals surface area contributed by atoms with Gasteiger partial charge in [0.05, 0.1) is 5.52 Å². The fourth-order valence-electron chi connectivity index (χ4n) is 2.85. The molecule has 2 heterocycles. The number of para-hydroxylation sites is 2. The second-order valence-corrected chi connectivity index (χ2v) is 6.04. The number of rotatable bonds is 4. The molecule has 2 heteroatoms. The van der Waals surface area contributed by atoms with Gasteiger partial charge in [-0.05, 0) is 42.5 Å². The molecule has 0 fully saturated rings. The highest BCUT2D eigenvalue weighted by Crippen LogP contribution is 2.16. The molecule has 0 aliphatic heterocycles. The van der Waals surface area contributed by atoms with Crippen molar-refractivity contribution in [2.75, 3.05) is 0 Å². The summed E-state index contributed by atoms with van der Waals surface area (Å²) in [4.78, 5) is 7.64. The Morgan fingerprint density at radius 1 is 0.833 bits per heavy atom. The first-order valence-corrected chi connectivity index (χ1v) is 8.73. The molecule has 0 bridgehead atoms. The van der Waals surface area contributed by atoms with Crippen LogP contribution < -0.4 is 0 Å². The smallest absolute Gasteiger partial charge is 0.0701 e. The van der Waals surface area contributed by atoms with Gasteiger partial charge in [0, 0.05) is 22.8 Å². The maximum atomic E-state index is 4.18. The van der Waals surface area contributed by atoms with Crippen LogP contribution in [0.5, 0.6) is 0 Å². The fraction of sp³-hybridized carbons (Fsp3) is 0.227. The van der Waals surface area contributed by atoms with Crippen LogP contribution in [0.25, 0.3) is 21.8 Å². The van der Waals surface area contributed by atoms with Crippen LogP contribution in [-0.2, 0) is 6.42 Å². The standard InChI is InChI=1S/C13H17N.C9H7N/c1-2-3-4-8-12-10-11-7-5-6-9-13(11)14-12;1-2-6-9-8(4-1)5-3-7-10-9/h5-7,9-10,14H,2-4,8H2,1H3;1-7H. The van der Waals surface area contributed by atoms with Gasteiger partial charge in [0.2, 0.25) is 0 Å². The quantitative estimate of drug-likeness (QED) is 0.450. The molecule has 0 aliphatic carbocycles. The predicted octanol–water partition coefficient (Wildman–Crippen LogP) is 6.14. The van der Waals surface area contributed by atoms with Crippen LogP contribution in [0.2, 0.25) is 0 Å². The predicted molar refractivity (Wildman–Crippen MR) is 103 cm³/mol. The number of nitrogens with one attached hydrogen (secondary N) is 1. The highest BCUT2D eigenvalue weighted by Gasteiger charge is 1.98. The Hall–Kier alpha value is -2.61. The molecule has 0 aliphatic rings. The second kappa shape index (κ2) is 8.30. The van der Waals surface area contributed by atoms with E-state index in [4.69, 9.17) is 0 Å². The minimum atomic E-state index is 1.06. The van der Waals surface area contributed by atoms with E-state index in [1.54, 1.807) is 0 Å². The molecule has 2 nitrogen and oxygen atoms in total. The number of benzene rings is 2. The van der Waals surface area contributed by atoms with Gasteiger partial charge in [-0.15, -0.1) is 0 Å². The number of aromatic amines is 1. The van der Waals surface area contributed by atoms with E-state index >= 15 is 0 Å². The van der Waals surface area contributed by atoms with Crippen molar-refractivity contribution in [2.45, 2.75) is 32.6 Å². The van der Waals surface area contributed by atoms with Crippen molar-refractivity contribution in [3.63, 3.8) is 0 Å². The summed E-state index contributed by atoms with van der Waals surface area (Å²) in [6.45, 7) is 2.24. The Kier molecular flexibility index (Phi) is 5.62. The van der Waals surface area contributed by atoms with Gasteiger partial charge < -0.3 is 4.98 Å². The van der Waals surface area contributed by atoms with Crippen LogP contribution in [-0.4, -0.2) is 9.97 Å². The van der Waals surface area contributed by atoms with E-state index in [1.165, 1.54) is 47.7 Å². The summed E-state index contributed by atoms with van der Waals surface area (Å²) in [6, 6.07) is 22.8. The molecule has 2 aromatic heterocycles. The number of hydrogen-bond donors (Lipinski definition) is 1. The molecule has 4 rings (SSSR count). The lowest BCUT2D eigenvalue weighted by Crippen LogP contribution is -1.84. The Bertz CT molecular complexity index is 794. The minimum absolute atomic E-state index is 1.06. The highest BCUT2D eigenvalue weighted by molar-refractivity contribution is 5.80. The number of hydrogen-bond acceptors (Lipinski definition) is 1. The van der Waals surface area contributed by atoms with E-state index in [-0.39, 0.29) is 0 Å². The van der Waals surface area contributed by atoms with E-state index in [0.29, 0.717) is 0 Å². The van der Waals surface area contributed by atoms with E-state index in [2.05, 4.69) is 59.4 Å². The second-order valence-electron chi connectivity index (χ2n) is 6.04. The summed E-state index contributed by atoms with van der Waals surface area (Å²) >= 11 is 0. The van der Waals surface area contributed by atoms with Crippen LogP contribution in [0.4, 0.5) is 0 Å². The first-order chi connectivity index (χ1) is 11.9. The molecule has 0 radical (unpaired) electrons. The minimum Gasteiger partial charge on any atom is -0.358 e. The molecule has 0 unspecified atom stereocenters. The van der Waals surface area contributed by atoms with Crippen molar-refractivity contribution in [1.82, 2.24) is 9.97 Å². The van der Waals surface area contributed by atoms with Crippen LogP contribution in [0.1, 0.15) is 31.9 Å². The summed E-state index contributed by atoms with van der Waals surface area (Å²) in [5.74, 6) is 0. The Balaban J connectivity index is 0.000000149. The zero-order chi connectivity index (χ0) is 16.6. The maximum absolute atomic E-state index is 4.18. The molecule has 1 N–H and O–H groups in total. The number of aryl methyl sites for hydroxylation is 1. The van der Waals surface area contributed by atoms with Crippen LogP contribution in [0.3, 0.4) is 0 Å². The van der Waals surface area contributed by atoms with Gasteiger partial charge in [0.25, 0.3) is 0 Å². The van der Waals surface area contributed by atoms with Gasteiger partial charge in [-0.1, -0.05) is 62.2 Å². The summed E-state index contributed by atoms with van der Waals surface area (Å²) in [5, 5.41) is 2.53. The van der Waals surface area contributed by atoms with Gasteiger partial charge >= 0.3 is 0 Å². The number of fused-ring (bicyclic) bond motifs is 2. The molecular formula is C22H24N2. The van der Waals surface area contributed by atoms with Gasteiger partial charge in [-0.2, -0.15) is 0 Å². The van der Waals surface area contributed by atoms with Gasteiger partial charge in [0.1, 0.15) is 0 Å². The topological polar surface area (TPSA) is 28.7 Å². The van der Waals surface area contributed by atoms with E-state index in [1.807, 2.05) is 30.5 Å². The molecule has 0 atom stereocenters. The molecule has 0 amide bonds. The van der Waals surface area contributed by atoms with E-state index in [0.717, 1.165) is 5.52 Å². The average molecular weight is 316 g/mol. The molecule has 122 valence electrons. The van der Waals surface area contributed by atoms with Gasteiger partial charge in [-0.3, -0.25) is 4.98 Å². The molecule has 0 spiro atoms. The fourth-order valence-corrected chi connectivity index (χ4v) is 2.85. The third kappa shape index (κ3) is 4.23. The molecular weight excluding hydrogens is 292 g/mol. The van der Waals surface area contributed by atoms with Crippen molar-refractivity contribution in [3.05, 3.63) is 78.6 Å². The zero-order valence-electron chi connectivity index (χ0n) is 14.2. The highest BCUT2D eigenvalue weighted by atomic mass is 14.7. The first kappa shape index (κ1) is 16.3. The SMILES string of the molecule is CCCCCc1cc2ccccc2[nH]1.c1ccc2ncccc2c1. The third-order valence-electron chi connectivity index (χ3n) is 4.15. The third-order valence-corrected chi connectivity index (χ3v) is 4.15. The largest absolute Gasteiger partial charge is 0.358 e. The zero-order valence-corrected chi connectivity index (χ0v) is 14.2. The Morgan fingerprint density at radius 2 is 1.58 bits per heavy atom. The molecule has 4 aromatic rings. The summed E-state index contributed by atoms with van der Waals surface area (Å²) in [6.07, 6.45) is 6.91. The molecule has 0 saturated heterocycles. The van der Waals surface area contributed by atoms with E-state index < -0.39 is 0 Å². The Morgan fingerprint density at radius 3 is 2.38 bits per heavy atom. The normalized spacial score (nSPS) is 10.5. The lowest BCUT2D eigenvalue weighted by molar-refractivity contribution is 0.710. The number of aromatic nitrogens is 2. The van der Waals surface area contributed by atoms with Crippen molar-refractivity contribution >= 4 is 21.8 Å². The average Bonchev–Trinajstić information content (AvgIpc) is 3.05. The molecule has 24 heavy (non-hydrogen) atoms. The van der Waals surface area contributed by atoms with E-state index in [9.17, 15) is 0 Å². The van der Waals surface area contributed by atoms with Crippen molar-refractivity contribution in [1.29, 1.82) is 0 Å². The molecule has 0 saturated carbocycles. The summed E-state index contributed by atoms with van der Waals surface area (Å²) in [5.41, 5.74) is 3.70. The number of unbranched alkanes of at least 4 members (excludes halogenated alkanes) is 2. The van der Waals surface area contributed by atoms with Gasteiger partial charge in [-0.25, -0.2) is 0 Å². The Labute approximate surface area is 143 Å². The number of H-pyrrole nitrogens is 1. The lowest BCUT2D eigenvalue weighted by atomic mass is 10.1. The van der Waals surface area contributed by atoms with Crippen molar-refractivity contribution in [2.24, 2.45) is 0 Å². The van der Waals surface area contributed by atoms with Crippen molar-refractivity contribution in [3.8, 4) is 0 Å². The number of pyridine rings is 1. The van der Waals surface area contributed by atoms with Crippen molar-refractivity contribution < 1.29 is 0 Å². The summed E-state index contributed by atoms with van der Waals surface area (Å²) in [7, 11) is 0. The van der Waals surface area contributed by atoms with Crippen LogP contribution in [0, 0.1) is 0 Å². The molecule has 2 aromatic carbocycles. The van der Waals surface area contributed by atoms with Crippen LogP contribution in [0.15, 0.2) is 72.9 Å².